The second-order valence-corrected chi connectivity index (χ2v) is 6.18. The van der Waals surface area contributed by atoms with Crippen LogP contribution in [0.15, 0.2) is 0 Å². The highest BCUT2D eigenvalue weighted by Gasteiger charge is 2.29. The van der Waals surface area contributed by atoms with Crippen LogP contribution in [0.1, 0.15) is 25.7 Å². The van der Waals surface area contributed by atoms with E-state index in [1.54, 1.807) is 0 Å². The molecule has 1 atom stereocenters. The van der Waals surface area contributed by atoms with E-state index in [0.29, 0.717) is 11.7 Å². The van der Waals surface area contributed by atoms with Crippen molar-refractivity contribution < 1.29 is 8.42 Å². The molecule has 0 aromatic rings. The Balaban J connectivity index is 1.81. The monoisotopic (exact) mass is 218 g/mol. The number of sulfonamides is 1. The molecule has 1 unspecified atom stereocenters. The average Bonchev–Trinajstić information content (AvgIpc) is 2.88. The van der Waals surface area contributed by atoms with Crippen molar-refractivity contribution in [1.29, 1.82) is 0 Å². The van der Waals surface area contributed by atoms with Crippen molar-refractivity contribution in [3.05, 3.63) is 0 Å². The van der Waals surface area contributed by atoms with Crippen LogP contribution >= 0.6 is 0 Å². The molecule has 2 N–H and O–H groups in total. The van der Waals surface area contributed by atoms with E-state index < -0.39 is 10.0 Å². The summed E-state index contributed by atoms with van der Waals surface area (Å²) in [6.07, 6.45) is 4.21. The average molecular weight is 218 g/mol. The van der Waals surface area contributed by atoms with E-state index in [0.717, 1.165) is 38.8 Å². The van der Waals surface area contributed by atoms with Gasteiger partial charge in [-0.1, -0.05) is 0 Å². The van der Waals surface area contributed by atoms with Crippen LogP contribution in [0.25, 0.3) is 0 Å². The van der Waals surface area contributed by atoms with E-state index in [9.17, 15) is 8.42 Å². The lowest BCUT2D eigenvalue weighted by atomic mass is 10.1. The minimum absolute atomic E-state index is 0.118. The number of rotatable bonds is 4. The fourth-order valence-corrected chi connectivity index (χ4v) is 3.61. The largest absolute Gasteiger partial charge is 0.315 e. The predicted molar refractivity (Wildman–Crippen MR) is 55.5 cm³/mol. The summed E-state index contributed by atoms with van der Waals surface area (Å²) < 4.78 is 26.0. The Kier molecular flexibility index (Phi) is 3.09. The Bertz CT molecular complexity index is 279. The lowest BCUT2D eigenvalue weighted by Gasteiger charge is -2.23. The zero-order valence-electron chi connectivity index (χ0n) is 8.33. The molecule has 14 heavy (non-hydrogen) atoms. The Morgan fingerprint density at radius 3 is 2.64 bits per heavy atom. The summed E-state index contributed by atoms with van der Waals surface area (Å²) in [5, 5.41) is 3.20. The van der Waals surface area contributed by atoms with E-state index in [1.807, 2.05) is 0 Å². The number of hydrogen-bond donors (Lipinski definition) is 2. The summed E-state index contributed by atoms with van der Waals surface area (Å²) in [6, 6.07) is 0.118. The lowest BCUT2D eigenvalue weighted by Crippen LogP contribution is -2.46. The van der Waals surface area contributed by atoms with Gasteiger partial charge >= 0.3 is 0 Å². The second kappa shape index (κ2) is 4.16. The summed E-state index contributed by atoms with van der Waals surface area (Å²) in [6.45, 7) is 1.80. The molecule has 5 heteroatoms. The summed E-state index contributed by atoms with van der Waals surface area (Å²) in [5.41, 5.74) is 0. The van der Waals surface area contributed by atoms with Crippen LogP contribution in [-0.2, 0) is 10.0 Å². The van der Waals surface area contributed by atoms with Gasteiger partial charge in [0.2, 0.25) is 10.0 Å². The maximum atomic E-state index is 11.6. The molecule has 2 rings (SSSR count). The van der Waals surface area contributed by atoms with Crippen LogP contribution in [-0.4, -0.2) is 33.3 Å². The highest BCUT2D eigenvalue weighted by molar-refractivity contribution is 7.89. The summed E-state index contributed by atoms with van der Waals surface area (Å²) >= 11 is 0. The van der Waals surface area contributed by atoms with Crippen molar-refractivity contribution in [3.8, 4) is 0 Å². The minimum Gasteiger partial charge on any atom is -0.315 e. The first kappa shape index (κ1) is 10.4. The standard InChI is InChI=1S/C9H18N2O2S/c12-14(13,7-8-3-4-8)11-9-2-1-5-10-6-9/h8-11H,1-7H2. The Morgan fingerprint density at radius 2 is 2.07 bits per heavy atom. The highest BCUT2D eigenvalue weighted by atomic mass is 32.2. The smallest absolute Gasteiger partial charge is 0.212 e. The van der Waals surface area contributed by atoms with Gasteiger partial charge in [0, 0.05) is 12.6 Å². The fourth-order valence-electron chi connectivity index (χ4n) is 1.85. The lowest BCUT2D eigenvalue weighted by molar-refractivity contribution is 0.428. The third kappa shape index (κ3) is 3.22. The zero-order chi connectivity index (χ0) is 10.0. The third-order valence-corrected chi connectivity index (χ3v) is 4.40. The first-order valence-corrected chi connectivity index (χ1v) is 7.02. The second-order valence-electron chi connectivity index (χ2n) is 4.39. The molecule has 1 saturated carbocycles. The van der Waals surface area contributed by atoms with E-state index >= 15 is 0 Å². The SMILES string of the molecule is O=S(=O)(CC1CC1)NC1CCCNC1. The Labute approximate surface area is 85.5 Å². The molecule has 82 valence electrons. The van der Waals surface area contributed by atoms with E-state index in [2.05, 4.69) is 10.0 Å². The van der Waals surface area contributed by atoms with Crippen molar-refractivity contribution in [3.63, 3.8) is 0 Å². The molecular weight excluding hydrogens is 200 g/mol. The molecule has 0 spiro atoms. The predicted octanol–water partition coefficient (Wildman–Crippen LogP) is 0.0678. The van der Waals surface area contributed by atoms with Gasteiger partial charge in [-0.2, -0.15) is 0 Å². The number of piperidine rings is 1. The molecule has 1 aliphatic heterocycles. The van der Waals surface area contributed by atoms with Gasteiger partial charge in [0.15, 0.2) is 0 Å². The molecule has 0 aromatic carbocycles. The van der Waals surface area contributed by atoms with Gasteiger partial charge in [0.05, 0.1) is 5.75 Å². The van der Waals surface area contributed by atoms with Gasteiger partial charge in [0.1, 0.15) is 0 Å². The molecule has 4 nitrogen and oxygen atoms in total. The van der Waals surface area contributed by atoms with Crippen LogP contribution in [0.5, 0.6) is 0 Å². The van der Waals surface area contributed by atoms with Crippen molar-refractivity contribution in [2.75, 3.05) is 18.8 Å². The van der Waals surface area contributed by atoms with E-state index in [1.165, 1.54) is 0 Å². The van der Waals surface area contributed by atoms with Gasteiger partial charge in [-0.25, -0.2) is 13.1 Å². The molecule has 1 aliphatic carbocycles. The van der Waals surface area contributed by atoms with Crippen molar-refractivity contribution in [2.24, 2.45) is 5.92 Å². The van der Waals surface area contributed by atoms with Crippen LogP contribution in [0.3, 0.4) is 0 Å². The molecule has 0 amide bonds. The van der Waals surface area contributed by atoms with Crippen LogP contribution in [0, 0.1) is 5.92 Å². The summed E-state index contributed by atoms with van der Waals surface area (Å²) in [7, 11) is -3.01. The van der Waals surface area contributed by atoms with Crippen molar-refractivity contribution in [1.82, 2.24) is 10.0 Å². The molecular formula is C9H18N2O2S. The molecule has 2 fully saturated rings. The van der Waals surface area contributed by atoms with Crippen molar-refractivity contribution in [2.45, 2.75) is 31.7 Å². The molecule has 1 heterocycles. The number of nitrogens with one attached hydrogen (secondary N) is 2. The first-order valence-electron chi connectivity index (χ1n) is 5.36. The van der Waals surface area contributed by atoms with E-state index in [-0.39, 0.29) is 6.04 Å². The first-order chi connectivity index (χ1) is 6.66. The summed E-state index contributed by atoms with van der Waals surface area (Å²) in [5.74, 6) is 0.771. The Hall–Kier alpha value is -0.130. The van der Waals surface area contributed by atoms with Gasteiger partial charge in [0.25, 0.3) is 0 Å². The van der Waals surface area contributed by atoms with Crippen LogP contribution in [0.2, 0.25) is 0 Å². The normalized spacial score (nSPS) is 29.0. The molecule has 2 aliphatic rings. The summed E-state index contributed by atoms with van der Waals surface area (Å²) in [4.78, 5) is 0. The van der Waals surface area contributed by atoms with Crippen molar-refractivity contribution >= 4 is 10.0 Å². The highest BCUT2D eigenvalue weighted by Crippen LogP contribution is 2.30. The maximum Gasteiger partial charge on any atom is 0.212 e. The topological polar surface area (TPSA) is 58.2 Å². The molecule has 0 bridgehead atoms. The van der Waals surface area contributed by atoms with Gasteiger partial charge in [-0.15, -0.1) is 0 Å². The maximum absolute atomic E-state index is 11.6. The van der Waals surface area contributed by atoms with Crippen LogP contribution < -0.4 is 10.0 Å². The molecule has 0 radical (unpaired) electrons. The zero-order valence-corrected chi connectivity index (χ0v) is 9.15. The third-order valence-electron chi connectivity index (χ3n) is 2.80. The van der Waals surface area contributed by atoms with Gasteiger partial charge < -0.3 is 5.32 Å². The minimum atomic E-state index is -3.01. The Morgan fingerprint density at radius 1 is 1.29 bits per heavy atom. The van der Waals surface area contributed by atoms with E-state index in [4.69, 9.17) is 0 Å². The van der Waals surface area contributed by atoms with Gasteiger partial charge in [-0.3, -0.25) is 0 Å². The molecule has 0 aromatic heterocycles. The van der Waals surface area contributed by atoms with Gasteiger partial charge in [-0.05, 0) is 38.1 Å². The number of hydrogen-bond acceptors (Lipinski definition) is 3. The fraction of sp³-hybridized carbons (Fsp3) is 1.00. The molecule has 1 saturated heterocycles. The van der Waals surface area contributed by atoms with Crippen LogP contribution in [0.4, 0.5) is 0 Å². The quantitative estimate of drug-likeness (QED) is 0.702.